The van der Waals surface area contributed by atoms with Gasteiger partial charge in [-0.25, -0.2) is 10.2 Å². The molecule has 0 saturated heterocycles. The number of ether oxygens (including phenoxy) is 1. The van der Waals surface area contributed by atoms with E-state index in [2.05, 4.69) is 31.8 Å². The number of amides is 2. The predicted molar refractivity (Wildman–Crippen MR) is 148 cm³/mol. The Balaban J connectivity index is 1.38. The van der Waals surface area contributed by atoms with Crippen molar-refractivity contribution in [3.05, 3.63) is 134 Å². The number of halogens is 1. The molecule has 2 N–H and O–H groups in total. The Hall–Kier alpha value is -5.16. The highest BCUT2D eigenvalue weighted by Crippen LogP contribution is 2.23. The van der Waals surface area contributed by atoms with Crippen molar-refractivity contribution >= 4 is 51.3 Å². The average Bonchev–Trinajstić information content (AvgIpc) is 2.95. The van der Waals surface area contributed by atoms with E-state index in [0.717, 1.165) is 0 Å². The number of anilines is 1. The molecule has 39 heavy (non-hydrogen) atoms. The number of nitrogens with zero attached hydrogens (tertiary/aromatic N) is 2. The third-order valence-electron chi connectivity index (χ3n) is 5.30. The van der Waals surface area contributed by atoms with E-state index in [-0.39, 0.29) is 22.9 Å². The number of nitrogens with one attached hydrogen (secondary N) is 2. The van der Waals surface area contributed by atoms with Crippen molar-refractivity contribution in [3.8, 4) is 5.75 Å². The molecular weight excluding hydrogens is 568 g/mol. The summed E-state index contributed by atoms with van der Waals surface area (Å²) in [6.07, 6.45) is 1.32. The Morgan fingerprint density at radius 2 is 1.46 bits per heavy atom. The smallest absolute Gasteiger partial charge is 0.343 e. The van der Waals surface area contributed by atoms with Crippen LogP contribution in [-0.2, 0) is 0 Å². The van der Waals surface area contributed by atoms with Crippen molar-refractivity contribution < 1.29 is 24.0 Å². The molecule has 0 aromatic heterocycles. The van der Waals surface area contributed by atoms with Crippen LogP contribution in [0.15, 0.2) is 107 Å². The Labute approximate surface area is 230 Å². The molecule has 0 fully saturated rings. The Morgan fingerprint density at radius 3 is 2.13 bits per heavy atom. The highest BCUT2D eigenvalue weighted by Gasteiger charge is 2.14. The molecule has 0 saturated carbocycles. The van der Waals surface area contributed by atoms with Gasteiger partial charge in [-0.3, -0.25) is 19.7 Å². The van der Waals surface area contributed by atoms with Gasteiger partial charge in [-0.1, -0.05) is 34.1 Å². The minimum Gasteiger partial charge on any atom is -0.422 e. The Morgan fingerprint density at radius 1 is 0.821 bits per heavy atom. The Bertz CT molecular complexity index is 1560. The summed E-state index contributed by atoms with van der Waals surface area (Å²) in [5, 5.41) is 17.5. The van der Waals surface area contributed by atoms with Crippen molar-refractivity contribution in [2.45, 2.75) is 0 Å². The lowest BCUT2D eigenvalue weighted by Crippen LogP contribution is -2.18. The van der Waals surface area contributed by atoms with E-state index in [0.29, 0.717) is 26.9 Å². The summed E-state index contributed by atoms with van der Waals surface area (Å²) in [6, 6.07) is 24.9. The van der Waals surface area contributed by atoms with Crippen LogP contribution in [0, 0.1) is 10.1 Å². The lowest BCUT2D eigenvalue weighted by molar-refractivity contribution is -0.384. The number of hydrogen-bond acceptors (Lipinski definition) is 7. The molecule has 0 heterocycles. The molecule has 194 valence electrons. The maximum atomic E-state index is 12.5. The first-order valence-corrected chi connectivity index (χ1v) is 12.2. The number of nitro benzene ring substituents is 1. The summed E-state index contributed by atoms with van der Waals surface area (Å²) in [6.45, 7) is 0. The topological polar surface area (TPSA) is 140 Å². The first kappa shape index (κ1) is 26.9. The monoisotopic (exact) mass is 586 g/mol. The van der Waals surface area contributed by atoms with Gasteiger partial charge >= 0.3 is 5.97 Å². The van der Waals surface area contributed by atoms with E-state index < -0.39 is 16.8 Å². The van der Waals surface area contributed by atoms with Gasteiger partial charge in [0.15, 0.2) is 0 Å². The molecule has 4 aromatic rings. The first-order valence-electron chi connectivity index (χ1n) is 11.4. The maximum absolute atomic E-state index is 12.5. The second-order valence-corrected chi connectivity index (χ2v) is 8.89. The van der Waals surface area contributed by atoms with E-state index >= 15 is 0 Å². The molecule has 0 aliphatic carbocycles. The number of hydrogen-bond donors (Lipinski definition) is 2. The van der Waals surface area contributed by atoms with Crippen molar-refractivity contribution in [3.63, 3.8) is 0 Å². The lowest BCUT2D eigenvalue weighted by Gasteiger charge is -2.08. The second-order valence-electron chi connectivity index (χ2n) is 7.97. The molecule has 0 bridgehead atoms. The van der Waals surface area contributed by atoms with E-state index in [9.17, 15) is 24.5 Å². The van der Waals surface area contributed by atoms with Crippen molar-refractivity contribution in [1.29, 1.82) is 0 Å². The molecule has 0 aliphatic heterocycles. The lowest BCUT2D eigenvalue weighted by atomic mass is 10.1. The van der Waals surface area contributed by atoms with Gasteiger partial charge < -0.3 is 10.1 Å². The third-order valence-corrected chi connectivity index (χ3v) is 5.79. The number of carbonyl (C=O) groups is 3. The van der Waals surface area contributed by atoms with E-state index in [4.69, 9.17) is 4.74 Å². The summed E-state index contributed by atoms with van der Waals surface area (Å²) in [5.74, 6) is -1.31. The van der Waals surface area contributed by atoms with Crippen molar-refractivity contribution in [2.24, 2.45) is 5.10 Å². The molecule has 0 radical (unpaired) electrons. The summed E-state index contributed by atoms with van der Waals surface area (Å²) >= 11 is 3.34. The zero-order valence-corrected chi connectivity index (χ0v) is 21.6. The minimum absolute atomic E-state index is 0.128. The fourth-order valence-electron chi connectivity index (χ4n) is 3.31. The molecule has 4 rings (SSSR count). The van der Waals surface area contributed by atoms with Crippen molar-refractivity contribution in [1.82, 2.24) is 5.43 Å². The van der Waals surface area contributed by atoms with Crippen LogP contribution >= 0.6 is 15.9 Å². The minimum atomic E-state index is -0.717. The zero-order valence-electron chi connectivity index (χ0n) is 20.0. The highest BCUT2D eigenvalue weighted by molar-refractivity contribution is 9.10. The average molecular weight is 587 g/mol. The van der Waals surface area contributed by atoms with Gasteiger partial charge in [-0.15, -0.1) is 0 Å². The molecule has 0 aliphatic rings. The van der Waals surface area contributed by atoms with Gasteiger partial charge in [0.25, 0.3) is 17.5 Å². The molecular formula is C28H19BrN4O6. The van der Waals surface area contributed by atoms with Gasteiger partial charge in [0.05, 0.1) is 16.7 Å². The maximum Gasteiger partial charge on any atom is 0.343 e. The molecule has 11 heteroatoms. The van der Waals surface area contributed by atoms with E-state index in [1.54, 1.807) is 66.7 Å². The highest BCUT2D eigenvalue weighted by atomic mass is 79.9. The summed E-state index contributed by atoms with van der Waals surface area (Å²) < 4.78 is 6.12. The number of benzene rings is 4. The second kappa shape index (κ2) is 12.4. The molecule has 4 aromatic carbocycles. The van der Waals surface area contributed by atoms with Crippen LogP contribution in [0.1, 0.15) is 36.6 Å². The van der Waals surface area contributed by atoms with Crippen LogP contribution in [-0.4, -0.2) is 28.9 Å². The predicted octanol–water partition coefficient (Wildman–Crippen LogP) is 5.59. The zero-order chi connectivity index (χ0) is 27.8. The van der Waals surface area contributed by atoms with Crippen LogP contribution in [0.2, 0.25) is 0 Å². The molecule has 2 amide bonds. The number of hydrazone groups is 1. The quantitative estimate of drug-likeness (QED) is 0.0906. The van der Waals surface area contributed by atoms with Gasteiger partial charge in [0.2, 0.25) is 0 Å². The molecule has 10 nitrogen and oxygen atoms in total. The number of carbonyl (C=O) groups excluding carboxylic acids is 3. The largest absolute Gasteiger partial charge is 0.422 e. The number of nitro groups is 1. The van der Waals surface area contributed by atoms with E-state index in [1.165, 1.54) is 30.5 Å². The first-order chi connectivity index (χ1) is 18.8. The number of rotatable bonds is 8. The Kier molecular flexibility index (Phi) is 8.54. The summed E-state index contributed by atoms with van der Waals surface area (Å²) in [7, 11) is 0. The SMILES string of the molecule is O=C(N/N=C\c1cc(Br)ccc1OC(=O)c1ccc([N+](=O)[O-])cc1)c1ccc(NC(=O)c2ccccc2)cc1. The van der Waals surface area contributed by atoms with Gasteiger partial charge in [-0.2, -0.15) is 5.10 Å². The van der Waals surface area contributed by atoms with Gasteiger partial charge in [-0.05, 0) is 66.7 Å². The van der Waals surface area contributed by atoms with Crippen LogP contribution in [0.4, 0.5) is 11.4 Å². The fraction of sp³-hybridized carbons (Fsp3) is 0. The molecule has 0 unspecified atom stereocenters. The summed E-state index contributed by atoms with van der Waals surface area (Å²) in [5.41, 5.74) is 4.12. The fourth-order valence-corrected chi connectivity index (χ4v) is 3.69. The van der Waals surface area contributed by atoms with Crippen molar-refractivity contribution in [2.75, 3.05) is 5.32 Å². The van der Waals surface area contributed by atoms with Crippen LogP contribution in [0.3, 0.4) is 0 Å². The van der Waals surface area contributed by atoms with Gasteiger partial charge in [0.1, 0.15) is 5.75 Å². The molecule has 0 atom stereocenters. The van der Waals surface area contributed by atoms with Crippen LogP contribution in [0.25, 0.3) is 0 Å². The number of esters is 1. The standard InChI is InChI=1S/C28H19BrN4O6/c29-22-10-15-25(39-28(36)20-8-13-24(14-9-20)33(37)38)21(16-22)17-30-32-27(35)19-6-11-23(12-7-19)31-26(34)18-4-2-1-3-5-18/h1-17H,(H,31,34)(H,32,35)/b30-17-. The molecule has 0 spiro atoms. The van der Waals surface area contributed by atoms with Crippen LogP contribution in [0.5, 0.6) is 5.75 Å². The summed E-state index contributed by atoms with van der Waals surface area (Å²) in [4.78, 5) is 47.6. The normalized spacial score (nSPS) is 10.6. The number of non-ortho nitro benzene ring substituents is 1. The van der Waals surface area contributed by atoms with Gasteiger partial charge in [0, 0.05) is 39.0 Å². The van der Waals surface area contributed by atoms with Crippen LogP contribution < -0.4 is 15.5 Å². The van der Waals surface area contributed by atoms with E-state index in [1.807, 2.05) is 6.07 Å². The third kappa shape index (κ3) is 7.21.